The second-order valence-electron chi connectivity index (χ2n) is 5.02. The highest BCUT2D eigenvalue weighted by atomic mass is 19.4. The van der Waals surface area contributed by atoms with Crippen molar-refractivity contribution in [2.75, 3.05) is 18.1 Å². The van der Waals surface area contributed by atoms with Gasteiger partial charge in [-0.2, -0.15) is 13.2 Å². The maximum atomic E-state index is 14.0. The molecule has 0 radical (unpaired) electrons. The lowest BCUT2D eigenvalue weighted by Gasteiger charge is -2.37. The van der Waals surface area contributed by atoms with Crippen molar-refractivity contribution in [1.82, 2.24) is 0 Å². The molecule has 0 saturated carbocycles. The van der Waals surface area contributed by atoms with Crippen LogP contribution < -0.4 is 4.90 Å². The van der Waals surface area contributed by atoms with E-state index in [4.69, 9.17) is 5.11 Å². The third-order valence-electron chi connectivity index (χ3n) is 3.67. The lowest BCUT2D eigenvalue weighted by molar-refractivity contribution is -0.137. The summed E-state index contributed by atoms with van der Waals surface area (Å²) in [5, 5.41) is 9.03. The number of halogens is 4. The van der Waals surface area contributed by atoms with Gasteiger partial charge in [0.2, 0.25) is 0 Å². The Bertz CT molecular complexity index is 459. The zero-order valence-electron chi connectivity index (χ0n) is 11.0. The molecule has 1 atom stereocenters. The smallest absolute Gasteiger partial charge is 0.396 e. The molecule has 1 aliphatic heterocycles. The van der Waals surface area contributed by atoms with Crippen molar-refractivity contribution in [3.8, 4) is 0 Å². The first-order valence-electron chi connectivity index (χ1n) is 6.67. The normalized spacial score (nSPS) is 20.2. The number of aliphatic hydroxyl groups is 1. The Morgan fingerprint density at radius 2 is 2.00 bits per heavy atom. The number of nitrogens with zero attached hydrogens (tertiary/aromatic N) is 1. The number of alkyl halides is 3. The largest absolute Gasteiger partial charge is 0.416 e. The first-order valence-corrected chi connectivity index (χ1v) is 6.67. The summed E-state index contributed by atoms with van der Waals surface area (Å²) in [5.74, 6) is -0.857. The third kappa shape index (κ3) is 3.23. The van der Waals surface area contributed by atoms with E-state index in [0.717, 1.165) is 25.3 Å². The first kappa shape index (κ1) is 15.1. The van der Waals surface area contributed by atoms with Crippen LogP contribution in [0.5, 0.6) is 0 Å². The molecule has 2 nitrogen and oxygen atoms in total. The van der Waals surface area contributed by atoms with E-state index in [1.165, 1.54) is 6.07 Å². The summed E-state index contributed by atoms with van der Waals surface area (Å²) in [6.45, 7) is 0.594. The SMILES string of the molecule is OCCC1CCCCN1c1ccc(C(F)(F)F)cc1F. The van der Waals surface area contributed by atoms with E-state index in [-0.39, 0.29) is 18.3 Å². The fraction of sp³-hybridized carbons (Fsp3) is 0.571. The van der Waals surface area contributed by atoms with Crippen molar-refractivity contribution in [1.29, 1.82) is 0 Å². The Labute approximate surface area is 115 Å². The van der Waals surface area contributed by atoms with Crippen molar-refractivity contribution < 1.29 is 22.7 Å². The van der Waals surface area contributed by atoms with Gasteiger partial charge in [0.05, 0.1) is 11.3 Å². The Morgan fingerprint density at radius 1 is 1.25 bits per heavy atom. The van der Waals surface area contributed by atoms with Gasteiger partial charge in [0.25, 0.3) is 0 Å². The van der Waals surface area contributed by atoms with Gasteiger partial charge >= 0.3 is 6.18 Å². The number of anilines is 1. The summed E-state index contributed by atoms with van der Waals surface area (Å²) in [6, 6.07) is 2.62. The van der Waals surface area contributed by atoms with Gasteiger partial charge in [-0.05, 0) is 43.9 Å². The summed E-state index contributed by atoms with van der Waals surface area (Å²) < 4.78 is 51.6. The van der Waals surface area contributed by atoms with E-state index in [0.29, 0.717) is 19.0 Å². The Kier molecular flexibility index (Phi) is 4.52. The van der Waals surface area contributed by atoms with Gasteiger partial charge in [-0.15, -0.1) is 0 Å². The second kappa shape index (κ2) is 5.99. The van der Waals surface area contributed by atoms with Crippen LogP contribution >= 0.6 is 0 Å². The van der Waals surface area contributed by atoms with Gasteiger partial charge in [0, 0.05) is 19.2 Å². The quantitative estimate of drug-likeness (QED) is 0.860. The van der Waals surface area contributed by atoms with Crippen LogP contribution in [0.2, 0.25) is 0 Å². The van der Waals surface area contributed by atoms with E-state index in [1.54, 1.807) is 4.90 Å². The molecule has 0 aliphatic carbocycles. The summed E-state index contributed by atoms with van der Waals surface area (Å²) in [6.07, 6.45) is -1.35. The predicted octanol–water partition coefficient (Wildman–Crippen LogP) is 3.59. The van der Waals surface area contributed by atoms with Crippen LogP contribution in [-0.2, 0) is 6.18 Å². The number of hydrogen-bond acceptors (Lipinski definition) is 2. The van der Waals surface area contributed by atoms with Crippen LogP contribution in [0.1, 0.15) is 31.2 Å². The fourth-order valence-electron chi connectivity index (χ4n) is 2.68. The Morgan fingerprint density at radius 3 is 2.60 bits per heavy atom. The highest BCUT2D eigenvalue weighted by Gasteiger charge is 2.32. The highest BCUT2D eigenvalue weighted by molar-refractivity contribution is 5.51. The van der Waals surface area contributed by atoms with Crippen LogP contribution in [0.3, 0.4) is 0 Å². The molecule has 1 saturated heterocycles. The summed E-state index contributed by atoms with van der Waals surface area (Å²) in [7, 11) is 0. The number of piperidine rings is 1. The summed E-state index contributed by atoms with van der Waals surface area (Å²) >= 11 is 0. The van der Waals surface area contributed by atoms with Crippen molar-refractivity contribution >= 4 is 5.69 Å². The molecule has 1 N–H and O–H groups in total. The Balaban J connectivity index is 2.27. The van der Waals surface area contributed by atoms with Crippen molar-refractivity contribution in [2.24, 2.45) is 0 Å². The second-order valence-corrected chi connectivity index (χ2v) is 5.02. The predicted molar refractivity (Wildman–Crippen MR) is 68.1 cm³/mol. The molecular weight excluding hydrogens is 274 g/mol. The molecule has 20 heavy (non-hydrogen) atoms. The van der Waals surface area contributed by atoms with Gasteiger partial charge in [-0.1, -0.05) is 0 Å². The Hall–Kier alpha value is -1.30. The number of rotatable bonds is 3. The molecule has 1 fully saturated rings. The van der Waals surface area contributed by atoms with Crippen LogP contribution in [0.15, 0.2) is 18.2 Å². The minimum Gasteiger partial charge on any atom is -0.396 e. The first-order chi connectivity index (χ1) is 9.43. The van der Waals surface area contributed by atoms with Gasteiger partial charge in [0.15, 0.2) is 0 Å². The maximum absolute atomic E-state index is 14.0. The van der Waals surface area contributed by atoms with Crippen LogP contribution in [0.4, 0.5) is 23.2 Å². The molecule has 1 aliphatic rings. The standard InChI is InChI=1S/C14H17F4NO/c15-12-9-10(14(16,17)18)4-5-13(12)19-7-2-1-3-11(19)6-8-20/h4-5,9,11,20H,1-3,6-8H2. The highest BCUT2D eigenvalue weighted by Crippen LogP contribution is 2.34. The van der Waals surface area contributed by atoms with Gasteiger partial charge in [0.1, 0.15) is 5.82 Å². The lowest BCUT2D eigenvalue weighted by atomic mass is 9.98. The van der Waals surface area contributed by atoms with E-state index in [2.05, 4.69) is 0 Å². The molecule has 2 rings (SSSR count). The molecule has 6 heteroatoms. The van der Waals surface area contributed by atoms with Gasteiger partial charge < -0.3 is 10.0 Å². The topological polar surface area (TPSA) is 23.5 Å². The molecular formula is C14H17F4NO. The van der Waals surface area contributed by atoms with Crippen molar-refractivity contribution in [2.45, 2.75) is 37.9 Å². The minimum absolute atomic E-state index is 0.0105. The molecule has 112 valence electrons. The average molecular weight is 291 g/mol. The monoisotopic (exact) mass is 291 g/mol. The summed E-state index contributed by atoms with van der Waals surface area (Å²) in [4.78, 5) is 1.77. The van der Waals surface area contributed by atoms with E-state index in [1.807, 2.05) is 0 Å². The van der Waals surface area contributed by atoms with Crippen molar-refractivity contribution in [3.63, 3.8) is 0 Å². The lowest BCUT2D eigenvalue weighted by Crippen LogP contribution is -2.40. The van der Waals surface area contributed by atoms with E-state index >= 15 is 0 Å². The van der Waals surface area contributed by atoms with Crippen LogP contribution in [0, 0.1) is 5.82 Å². The third-order valence-corrected chi connectivity index (χ3v) is 3.67. The van der Waals surface area contributed by atoms with E-state index < -0.39 is 17.6 Å². The molecule has 1 aromatic carbocycles. The zero-order chi connectivity index (χ0) is 14.8. The number of benzene rings is 1. The maximum Gasteiger partial charge on any atom is 0.416 e. The molecule has 0 amide bonds. The minimum atomic E-state index is -4.54. The molecule has 1 aromatic rings. The molecule has 1 heterocycles. The molecule has 0 aromatic heterocycles. The van der Waals surface area contributed by atoms with E-state index in [9.17, 15) is 17.6 Å². The van der Waals surface area contributed by atoms with Crippen LogP contribution in [-0.4, -0.2) is 24.3 Å². The number of hydrogen-bond donors (Lipinski definition) is 1. The molecule has 0 spiro atoms. The van der Waals surface area contributed by atoms with Gasteiger partial charge in [-0.25, -0.2) is 4.39 Å². The average Bonchev–Trinajstić information content (AvgIpc) is 2.39. The zero-order valence-corrected chi connectivity index (χ0v) is 11.0. The fourth-order valence-corrected chi connectivity index (χ4v) is 2.68. The summed E-state index contributed by atoms with van der Waals surface area (Å²) in [5.41, 5.74) is -0.786. The molecule has 0 bridgehead atoms. The van der Waals surface area contributed by atoms with Crippen molar-refractivity contribution in [3.05, 3.63) is 29.6 Å². The van der Waals surface area contributed by atoms with Gasteiger partial charge in [-0.3, -0.25) is 0 Å². The number of aliphatic hydroxyl groups excluding tert-OH is 1. The van der Waals surface area contributed by atoms with Crippen LogP contribution in [0.25, 0.3) is 0 Å². The molecule has 1 unspecified atom stereocenters.